The summed E-state index contributed by atoms with van der Waals surface area (Å²) in [6.07, 6.45) is 1.06. The predicted octanol–water partition coefficient (Wildman–Crippen LogP) is 2.51. The van der Waals surface area contributed by atoms with Gasteiger partial charge in [-0.2, -0.15) is 0 Å². The van der Waals surface area contributed by atoms with Crippen LogP contribution in [-0.2, 0) is 4.74 Å². The van der Waals surface area contributed by atoms with E-state index in [4.69, 9.17) is 15.2 Å². The van der Waals surface area contributed by atoms with Crippen molar-refractivity contribution >= 4 is 0 Å². The number of hydrogen-bond acceptors (Lipinski definition) is 3. The van der Waals surface area contributed by atoms with Crippen molar-refractivity contribution in [2.75, 3.05) is 13.7 Å². The molecule has 3 nitrogen and oxygen atoms in total. The van der Waals surface area contributed by atoms with Crippen LogP contribution < -0.4 is 10.5 Å². The molecule has 0 spiro atoms. The molecule has 1 aromatic carbocycles. The standard InChI is InChI=1S/C13H21NO2/c1-10(2)16-9-8-12(14)11-6-4-5-7-13(11)15-3/h4-7,10,12H,8-9,14H2,1-3H3. The lowest BCUT2D eigenvalue weighted by Crippen LogP contribution is -2.15. The maximum absolute atomic E-state index is 6.10. The highest BCUT2D eigenvalue weighted by Crippen LogP contribution is 2.25. The van der Waals surface area contributed by atoms with Crippen molar-refractivity contribution in [3.05, 3.63) is 29.8 Å². The van der Waals surface area contributed by atoms with Gasteiger partial charge < -0.3 is 15.2 Å². The van der Waals surface area contributed by atoms with Gasteiger partial charge in [0.1, 0.15) is 5.75 Å². The first-order chi connectivity index (χ1) is 7.65. The Kier molecular flexibility index (Phi) is 5.29. The summed E-state index contributed by atoms with van der Waals surface area (Å²) >= 11 is 0. The third-order valence-electron chi connectivity index (χ3n) is 2.42. The molecule has 0 aliphatic heterocycles. The Morgan fingerprint density at radius 1 is 1.25 bits per heavy atom. The zero-order chi connectivity index (χ0) is 12.0. The minimum Gasteiger partial charge on any atom is -0.496 e. The molecule has 0 fully saturated rings. The van der Waals surface area contributed by atoms with E-state index in [1.54, 1.807) is 7.11 Å². The smallest absolute Gasteiger partial charge is 0.123 e. The topological polar surface area (TPSA) is 44.5 Å². The highest BCUT2D eigenvalue weighted by Gasteiger charge is 2.11. The minimum atomic E-state index is -0.0325. The van der Waals surface area contributed by atoms with E-state index in [0.29, 0.717) is 6.61 Å². The monoisotopic (exact) mass is 223 g/mol. The second kappa shape index (κ2) is 6.51. The number of para-hydroxylation sites is 1. The first-order valence-corrected chi connectivity index (χ1v) is 5.65. The van der Waals surface area contributed by atoms with E-state index in [9.17, 15) is 0 Å². The van der Waals surface area contributed by atoms with E-state index in [0.717, 1.165) is 17.7 Å². The summed E-state index contributed by atoms with van der Waals surface area (Å²) in [5.74, 6) is 0.847. The van der Waals surface area contributed by atoms with E-state index >= 15 is 0 Å². The summed E-state index contributed by atoms with van der Waals surface area (Å²) in [7, 11) is 1.66. The number of benzene rings is 1. The Hall–Kier alpha value is -1.06. The molecule has 3 heteroatoms. The number of rotatable bonds is 6. The van der Waals surface area contributed by atoms with Crippen LogP contribution in [-0.4, -0.2) is 19.8 Å². The lowest BCUT2D eigenvalue weighted by Gasteiger charge is -2.16. The van der Waals surface area contributed by atoms with Gasteiger partial charge in [-0.05, 0) is 26.3 Å². The number of hydrogen-bond donors (Lipinski definition) is 1. The van der Waals surface area contributed by atoms with E-state index in [1.807, 2.05) is 38.1 Å². The Balaban J connectivity index is 2.55. The third-order valence-corrected chi connectivity index (χ3v) is 2.42. The van der Waals surface area contributed by atoms with Gasteiger partial charge in [-0.25, -0.2) is 0 Å². The second-order valence-corrected chi connectivity index (χ2v) is 4.06. The molecular weight excluding hydrogens is 202 g/mol. The van der Waals surface area contributed by atoms with Crippen LogP contribution in [0.1, 0.15) is 31.9 Å². The van der Waals surface area contributed by atoms with Crippen LogP contribution in [0, 0.1) is 0 Å². The average Bonchev–Trinajstić information content (AvgIpc) is 2.28. The molecule has 0 aromatic heterocycles. The average molecular weight is 223 g/mol. The van der Waals surface area contributed by atoms with Gasteiger partial charge in [0.25, 0.3) is 0 Å². The predicted molar refractivity (Wildman–Crippen MR) is 65.6 cm³/mol. The summed E-state index contributed by atoms with van der Waals surface area (Å²) in [5.41, 5.74) is 7.14. The molecule has 0 bridgehead atoms. The number of ether oxygens (including phenoxy) is 2. The fourth-order valence-corrected chi connectivity index (χ4v) is 1.56. The van der Waals surface area contributed by atoms with Gasteiger partial charge in [-0.15, -0.1) is 0 Å². The molecular formula is C13H21NO2. The first-order valence-electron chi connectivity index (χ1n) is 5.65. The summed E-state index contributed by atoms with van der Waals surface area (Å²) in [6, 6.07) is 7.81. The summed E-state index contributed by atoms with van der Waals surface area (Å²) in [5, 5.41) is 0. The van der Waals surface area contributed by atoms with Crippen molar-refractivity contribution in [1.29, 1.82) is 0 Å². The van der Waals surface area contributed by atoms with Crippen molar-refractivity contribution < 1.29 is 9.47 Å². The molecule has 1 unspecified atom stereocenters. The molecule has 1 aromatic rings. The molecule has 16 heavy (non-hydrogen) atoms. The van der Waals surface area contributed by atoms with E-state index in [-0.39, 0.29) is 12.1 Å². The number of nitrogens with two attached hydrogens (primary N) is 1. The molecule has 0 radical (unpaired) electrons. The lowest BCUT2D eigenvalue weighted by molar-refractivity contribution is 0.0735. The third kappa shape index (κ3) is 3.83. The normalized spacial score (nSPS) is 12.8. The molecule has 0 aliphatic rings. The van der Waals surface area contributed by atoms with Gasteiger partial charge in [0.05, 0.1) is 13.2 Å². The van der Waals surface area contributed by atoms with Crippen molar-refractivity contribution in [2.24, 2.45) is 5.73 Å². The van der Waals surface area contributed by atoms with E-state index in [1.165, 1.54) is 0 Å². The van der Waals surface area contributed by atoms with Crippen LogP contribution >= 0.6 is 0 Å². The zero-order valence-corrected chi connectivity index (χ0v) is 10.3. The van der Waals surface area contributed by atoms with Gasteiger partial charge in [-0.3, -0.25) is 0 Å². The van der Waals surface area contributed by atoms with Crippen LogP contribution in [0.25, 0.3) is 0 Å². The van der Waals surface area contributed by atoms with Crippen molar-refractivity contribution in [1.82, 2.24) is 0 Å². The second-order valence-electron chi connectivity index (χ2n) is 4.06. The van der Waals surface area contributed by atoms with Gasteiger partial charge in [0.15, 0.2) is 0 Å². The number of methoxy groups -OCH3 is 1. The minimum absolute atomic E-state index is 0.0325. The van der Waals surface area contributed by atoms with Gasteiger partial charge in [-0.1, -0.05) is 18.2 Å². The lowest BCUT2D eigenvalue weighted by atomic mass is 10.0. The molecule has 0 amide bonds. The van der Waals surface area contributed by atoms with E-state index < -0.39 is 0 Å². The Labute approximate surface area is 97.6 Å². The molecule has 90 valence electrons. The van der Waals surface area contributed by atoms with Crippen LogP contribution in [0.2, 0.25) is 0 Å². The van der Waals surface area contributed by atoms with Crippen LogP contribution in [0.4, 0.5) is 0 Å². The highest BCUT2D eigenvalue weighted by molar-refractivity contribution is 5.35. The Morgan fingerprint density at radius 2 is 1.94 bits per heavy atom. The summed E-state index contributed by atoms with van der Waals surface area (Å²) in [6.45, 7) is 4.72. The zero-order valence-electron chi connectivity index (χ0n) is 10.3. The molecule has 1 atom stereocenters. The molecule has 0 heterocycles. The van der Waals surface area contributed by atoms with Crippen molar-refractivity contribution in [3.63, 3.8) is 0 Å². The quantitative estimate of drug-likeness (QED) is 0.806. The summed E-state index contributed by atoms with van der Waals surface area (Å²) in [4.78, 5) is 0. The fourth-order valence-electron chi connectivity index (χ4n) is 1.56. The maximum Gasteiger partial charge on any atom is 0.123 e. The fraction of sp³-hybridized carbons (Fsp3) is 0.538. The molecule has 2 N–H and O–H groups in total. The van der Waals surface area contributed by atoms with Gasteiger partial charge >= 0.3 is 0 Å². The molecule has 0 aliphatic carbocycles. The van der Waals surface area contributed by atoms with Crippen LogP contribution in [0.3, 0.4) is 0 Å². The first kappa shape index (κ1) is 13.0. The van der Waals surface area contributed by atoms with Crippen molar-refractivity contribution in [3.8, 4) is 5.75 Å². The van der Waals surface area contributed by atoms with Gasteiger partial charge in [0.2, 0.25) is 0 Å². The van der Waals surface area contributed by atoms with Crippen molar-refractivity contribution in [2.45, 2.75) is 32.4 Å². The summed E-state index contributed by atoms with van der Waals surface area (Å²) < 4.78 is 10.8. The molecule has 0 saturated carbocycles. The highest BCUT2D eigenvalue weighted by atomic mass is 16.5. The van der Waals surface area contributed by atoms with Crippen LogP contribution in [0.5, 0.6) is 5.75 Å². The molecule has 0 saturated heterocycles. The Bertz CT molecular complexity index is 313. The molecule has 1 rings (SSSR count). The maximum atomic E-state index is 6.10. The van der Waals surface area contributed by atoms with E-state index in [2.05, 4.69) is 0 Å². The van der Waals surface area contributed by atoms with Gasteiger partial charge in [0, 0.05) is 18.2 Å². The SMILES string of the molecule is COc1ccccc1C(N)CCOC(C)C. The Morgan fingerprint density at radius 3 is 2.56 bits per heavy atom. The van der Waals surface area contributed by atoms with Crippen LogP contribution in [0.15, 0.2) is 24.3 Å². The largest absolute Gasteiger partial charge is 0.496 e.